The van der Waals surface area contributed by atoms with Crippen LogP contribution in [0.15, 0.2) is 200 Å². The Morgan fingerprint density at radius 2 is 0.743 bits per heavy atom. The lowest BCUT2D eigenvalue weighted by molar-refractivity contribution is -0.137. The largest absolute Gasteiger partial charge is 0.416 e. The first-order chi connectivity index (χ1) is 35.8. The van der Waals surface area contributed by atoms with Crippen LogP contribution >= 0.6 is 0 Å². The molecule has 0 amide bonds. The molecule has 4 bridgehead atoms. The molecule has 10 aromatic carbocycles. The lowest BCUT2D eigenvalue weighted by Gasteiger charge is -2.37. The maximum absolute atomic E-state index is 14.7. The molecule has 6 heteroatoms. The van der Waals surface area contributed by atoms with E-state index in [-0.39, 0.29) is 5.69 Å². The Hall–Kier alpha value is -8.92. The summed E-state index contributed by atoms with van der Waals surface area (Å²) in [7, 11) is 0. The van der Waals surface area contributed by atoms with Crippen LogP contribution in [0.25, 0.3) is 93.2 Å². The molecule has 3 nitrogen and oxygen atoms in total. The van der Waals surface area contributed by atoms with E-state index in [0.29, 0.717) is 16.7 Å². The smallest absolute Gasteiger partial charge is 0.308 e. The first-order valence-corrected chi connectivity index (χ1v) is 25.0. The summed E-state index contributed by atoms with van der Waals surface area (Å²) in [6, 6.07) is 69.9. The van der Waals surface area contributed by atoms with Crippen molar-refractivity contribution < 1.29 is 13.2 Å². The van der Waals surface area contributed by atoms with Gasteiger partial charge in [-0.2, -0.15) is 13.2 Å². The third-order valence-electron chi connectivity index (χ3n) is 15.6. The highest BCUT2D eigenvalue weighted by Gasteiger charge is 2.40. The third-order valence-corrected chi connectivity index (χ3v) is 15.6. The predicted molar refractivity (Wildman–Crippen MR) is 298 cm³/mol. The van der Waals surface area contributed by atoms with Gasteiger partial charge in [0.1, 0.15) is 0 Å². The molecule has 356 valence electrons. The predicted octanol–water partition coefficient (Wildman–Crippen LogP) is 18.7. The van der Waals surface area contributed by atoms with Gasteiger partial charge in [0.15, 0.2) is 5.69 Å². The van der Waals surface area contributed by atoms with Gasteiger partial charge >= 0.3 is 6.18 Å². The molecule has 0 aliphatic carbocycles. The summed E-state index contributed by atoms with van der Waals surface area (Å²) in [4.78, 5) is 4.17. The number of nitrogens with zero attached hydrogens (tertiary/aromatic N) is 3. The number of hydrogen-bond donors (Lipinski definition) is 0. The van der Waals surface area contributed by atoms with Gasteiger partial charge in [-0.15, -0.1) is 0 Å². The lowest BCUT2D eigenvalue weighted by Crippen LogP contribution is -2.31. The molecule has 1 aliphatic rings. The Labute approximate surface area is 427 Å². The number of aryl methyl sites for hydroxylation is 5. The van der Waals surface area contributed by atoms with E-state index in [2.05, 4.69) is 212 Å². The van der Waals surface area contributed by atoms with Gasteiger partial charge in [0.2, 0.25) is 0 Å². The zero-order chi connectivity index (χ0) is 50.8. The topological polar surface area (TPSA) is 14.2 Å². The SMILES string of the molecule is [C-]#[N+]c1cc2c(cc1-c1cc(C)cc(C(F)(F)F)c1)-n1c3cc(-c4ccc(C)cc4)ccc3c3ccc(cc31)C(c1ccc(C)cc1)(c1ccc(C)cc1)c1ccc3c4ccc(-c5ccc(C)cc5)cc4n-2c3c1. The molecule has 12 aromatic rings. The van der Waals surface area contributed by atoms with Crippen LogP contribution in [0, 0.1) is 41.2 Å². The van der Waals surface area contributed by atoms with Crippen LogP contribution in [0.2, 0.25) is 0 Å². The van der Waals surface area contributed by atoms with Crippen molar-refractivity contribution in [2.24, 2.45) is 0 Å². The fraction of sp³-hybridized carbons (Fsp3) is 0.103. The third kappa shape index (κ3) is 6.95. The molecule has 74 heavy (non-hydrogen) atoms. The number of alkyl halides is 3. The van der Waals surface area contributed by atoms with Gasteiger partial charge in [-0.05, 0) is 144 Å². The second kappa shape index (κ2) is 16.6. The van der Waals surface area contributed by atoms with Gasteiger partial charge in [0, 0.05) is 21.5 Å². The minimum Gasteiger partial charge on any atom is -0.308 e. The van der Waals surface area contributed by atoms with E-state index < -0.39 is 17.2 Å². The molecule has 3 heterocycles. The van der Waals surface area contributed by atoms with Crippen molar-refractivity contribution in [3.63, 3.8) is 0 Å². The fourth-order valence-corrected chi connectivity index (χ4v) is 11.8. The van der Waals surface area contributed by atoms with Crippen LogP contribution in [0.1, 0.15) is 55.6 Å². The van der Waals surface area contributed by atoms with Gasteiger partial charge in [0.05, 0.1) is 51.0 Å². The van der Waals surface area contributed by atoms with E-state index in [9.17, 15) is 13.2 Å². The zero-order valence-corrected chi connectivity index (χ0v) is 41.5. The average molecular weight is 964 g/mol. The molecule has 0 unspecified atom stereocenters. The van der Waals surface area contributed by atoms with Gasteiger partial charge < -0.3 is 9.13 Å². The van der Waals surface area contributed by atoms with Crippen LogP contribution in [-0.4, -0.2) is 9.13 Å². The number of fused-ring (bicyclic) bond motifs is 11. The van der Waals surface area contributed by atoms with E-state index in [1.165, 1.54) is 17.7 Å². The van der Waals surface area contributed by atoms with Crippen LogP contribution in [-0.2, 0) is 11.6 Å². The summed E-state index contributed by atoms with van der Waals surface area (Å²) < 4.78 is 48.8. The number of benzene rings is 10. The number of rotatable bonds is 5. The number of aromatic nitrogens is 2. The van der Waals surface area contributed by atoms with Crippen LogP contribution in [0.3, 0.4) is 0 Å². The van der Waals surface area contributed by atoms with Crippen molar-refractivity contribution in [3.05, 3.63) is 267 Å². The molecule has 0 fully saturated rings. The Morgan fingerprint density at radius 3 is 1.18 bits per heavy atom. The molecular formula is C68H48F3N3. The van der Waals surface area contributed by atoms with Crippen molar-refractivity contribution >= 4 is 49.3 Å². The maximum Gasteiger partial charge on any atom is 0.416 e. The zero-order valence-electron chi connectivity index (χ0n) is 41.5. The molecule has 0 N–H and O–H groups in total. The van der Waals surface area contributed by atoms with Crippen LogP contribution in [0.4, 0.5) is 18.9 Å². The molecule has 0 atom stereocenters. The number of halogens is 3. The Balaban J connectivity index is 1.27. The van der Waals surface area contributed by atoms with Crippen molar-refractivity contribution in [1.82, 2.24) is 9.13 Å². The molecule has 0 spiro atoms. The minimum atomic E-state index is -4.59. The summed E-state index contributed by atoms with van der Waals surface area (Å²) in [5.41, 5.74) is 18.2. The normalized spacial score (nSPS) is 13.0. The van der Waals surface area contributed by atoms with Gasteiger partial charge in [-0.1, -0.05) is 174 Å². The Morgan fingerprint density at radius 1 is 0.365 bits per heavy atom. The van der Waals surface area contributed by atoms with Crippen LogP contribution in [0.5, 0.6) is 0 Å². The highest BCUT2D eigenvalue weighted by molar-refractivity contribution is 6.14. The second-order valence-electron chi connectivity index (χ2n) is 20.4. The molecular weight excluding hydrogens is 916 g/mol. The highest BCUT2D eigenvalue weighted by atomic mass is 19.4. The Bertz CT molecular complexity index is 4270. The van der Waals surface area contributed by atoms with Crippen molar-refractivity contribution in [1.29, 1.82) is 0 Å². The summed E-state index contributed by atoms with van der Waals surface area (Å²) in [6.45, 7) is 18.9. The Kier molecular flexibility index (Phi) is 10.1. The molecule has 0 saturated heterocycles. The molecule has 0 saturated carbocycles. The van der Waals surface area contributed by atoms with Crippen molar-refractivity contribution in [2.75, 3.05) is 0 Å². The molecule has 0 radical (unpaired) electrons. The molecule has 13 rings (SSSR count). The summed E-state index contributed by atoms with van der Waals surface area (Å²) >= 11 is 0. The van der Waals surface area contributed by atoms with Gasteiger partial charge in [-0.25, -0.2) is 4.85 Å². The fourth-order valence-electron chi connectivity index (χ4n) is 11.8. The van der Waals surface area contributed by atoms with Gasteiger partial charge in [-0.3, -0.25) is 0 Å². The van der Waals surface area contributed by atoms with Crippen molar-refractivity contribution in [2.45, 2.75) is 46.2 Å². The first-order valence-electron chi connectivity index (χ1n) is 25.0. The minimum absolute atomic E-state index is 0.244. The highest BCUT2D eigenvalue weighted by Crippen LogP contribution is 2.51. The summed E-state index contributed by atoms with van der Waals surface area (Å²) in [6.07, 6.45) is -4.59. The van der Waals surface area contributed by atoms with E-state index in [1.54, 1.807) is 13.0 Å². The van der Waals surface area contributed by atoms with Crippen LogP contribution < -0.4 is 0 Å². The summed E-state index contributed by atoms with van der Waals surface area (Å²) in [5.74, 6) is 0. The van der Waals surface area contributed by atoms with E-state index in [1.807, 2.05) is 12.1 Å². The van der Waals surface area contributed by atoms with Crippen molar-refractivity contribution in [3.8, 4) is 44.8 Å². The molecule has 1 aliphatic heterocycles. The quantitative estimate of drug-likeness (QED) is 0.153. The average Bonchev–Trinajstić information content (AvgIpc) is 3.90. The molecule has 2 aromatic heterocycles. The first kappa shape index (κ1) is 45.0. The maximum atomic E-state index is 14.7. The second-order valence-corrected chi connectivity index (χ2v) is 20.4. The van der Waals surface area contributed by atoms with Gasteiger partial charge in [0.25, 0.3) is 0 Å². The van der Waals surface area contributed by atoms with E-state index >= 15 is 0 Å². The number of hydrogen-bond acceptors (Lipinski definition) is 0. The van der Waals surface area contributed by atoms with E-state index in [0.717, 1.165) is 116 Å². The van der Waals surface area contributed by atoms with E-state index in [4.69, 9.17) is 6.57 Å². The monoisotopic (exact) mass is 963 g/mol. The standard InChI is InChI=1S/C68H48F3N3/c1-40-7-15-45(16-8-40)47-19-27-55-57-29-25-52-36-63(57)73(61(55)34-47)65-38-59(49-31-44(5)32-54(33-49)68(69,70)71)60(72-6)39-66(65)74-62-35-48(46-17-9-41(2)10-18-46)20-28-56(62)58-30-26-53(37-64(58)74)67(52,50-21-11-42(3)12-22-50)51-23-13-43(4)14-24-51/h7-39H,1-5H3. The summed E-state index contributed by atoms with van der Waals surface area (Å²) in [5, 5.41) is 4.11. The lowest BCUT2D eigenvalue weighted by atomic mass is 9.64.